The molecule has 1 saturated carbocycles. The number of nitrogens with two attached hydrogens (primary N) is 1. The minimum atomic E-state index is -0.585. The van der Waals surface area contributed by atoms with E-state index < -0.39 is 11.4 Å². The van der Waals surface area contributed by atoms with Gasteiger partial charge in [0.1, 0.15) is 5.82 Å². The van der Waals surface area contributed by atoms with E-state index in [1.54, 1.807) is 0 Å². The number of amides is 1. The van der Waals surface area contributed by atoms with E-state index in [-0.39, 0.29) is 16.5 Å². The summed E-state index contributed by atoms with van der Waals surface area (Å²) in [6.45, 7) is 2.48. The molecule has 0 aromatic heterocycles. The van der Waals surface area contributed by atoms with Gasteiger partial charge in [-0.1, -0.05) is 37.4 Å². The second-order valence-electron chi connectivity index (χ2n) is 5.56. The summed E-state index contributed by atoms with van der Waals surface area (Å²) in [4.78, 5) is 12.4. The first kappa shape index (κ1) is 15.3. The zero-order chi connectivity index (χ0) is 14.8. The van der Waals surface area contributed by atoms with Crippen molar-refractivity contribution < 1.29 is 9.18 Å². The molecule has 1 aromatic carbocycles. The Morgan fingerprint density at radius 3 is 2.95 bits per heavy atom. The third-order valence-electron chi connectivity index (χ3n) is 4.38. The highest BCUT2D eigenvalue weighted by Crippen LogP contribution is 2.33. The fraction of sp³-hybridized carbons (Fsp3) is 0.533. The van der Waals surface area contributed by atoms with E-state index in [0.717, 1.165) is 25.7 Å². The normalized spacial score (nSPS) is 26.3. The summed E-state index contributed by atoms with van der Waals surface area (Å²) in [6.07, 6.45) is 4.08. The smallest absolute Gasteiger partial charge is 0.253 e. The molecule has 0 bridgehead atoms. The topological polar surface area (TPSA) is 55.1 Å². The van der Waals surface area contributed by atoms with Crippen molar-refractivity contribution in [2.75, 3.05) is 6.54 Å². The highest BCUT2D eigenvalue weighted by Gasteiger charge is 2.38. The third-order valence-corrected chi connectivity index (χ3v) is 4.76. The van der Waals surface area contributed by atoms with Gasteiger partial charge >= 0.3 is 0 Å². The van der Waals surface area contributed by atoms with Gasteiger partial charge in [0.15, 0.2) is 0 Å². The van der Waals surface area contributed by atoms with Crippen LogP contribution in [0.3, 0.4) is 0 Å². The summed E-state index contributed by atoms with van der Waals surface area (Å²) in [5, 5.41) is 2.86. The van der Waals surface area contributed by atoms with Gasteiger partial charge in [0, 0.05) is 6.54 Å². The maximum atomic E-state index is 13.4. The number of rotatable bonds is 3. The monoisotopic (exact) mass is 298 g/mol. The van der Waals surface area contributed by atoms with Crippen molar-refractivity contribution in [2.45, 2.75) is 38.1 Å². The van der Waals surface area contributed by atoms with E-state index in [1.807, 2.05) is 0 Å². The fourth-order valence-electron chi connectivity index (χ4n) is 2.93. The molecule has 20 heavy (non-hydrogen) atoms. The lowest BCUT2D eigenvalue weighted by Gasteiger charge is -2.42. The standard InChI is InChI=1S/C15H20ClFN2O/c1-10-5-2-3-8-15(10,9-18)19-14(20)11-6-4-7-12(17)13(11)16/h4,6-7,10H,2-3,5,8-9,18H2,1H3,(H,19,20). The van der Waals surface area contributed by atoms with Gasteiger partial charge < -0.3 is 11.1 Å². The molecular formula is C15H20ClFN2O. The third kappa shape index (κ3) is 2.81. The van der Waals surface area contributed by atoms with Crippen LogP contribution in [0.25, 0.3) is 0 Å². The van der Waals surface area contributed by atoms with Crippen LogP contribution in [-0.4, -0.2) is 18.0 Å². The Hall–Kier alpha value is -1.13. The van der Waals surface area contributed by atoms with Crippen LogP contribution in [-0.2, 0) is 0 Å². The molecule has 3 N–H and O–H groups in total. The molecular weight excluding hydrogens is 279 g/mol. The molecule has 2 unspecified atom stereocenters. The second kappa shape index (κ2) is 6.10. The highest BCUT2D eigenvalue weighted by atomic mass is 35.5. The van der Waals surface area contributed by atoms with Gasteiger partial charge in [-0.3, -0.25) is 4.79 Å². The molecule has 0 saturated heterocycles. The number of hydrogen-bond donors (Lipinski definition) is 2. The van der Waals surface area contributed by atoms with Gasteiger partial charge in [0.2, 0.25) is 0 Å². The first-order chi connectivity index (χ1) is 9.50. The molecule has 5 heteroatoms. The Morgan fingerprint density at radius 1 is 1.55 bits per heavy atom. The number of carbonyl (C=O) groups excluding carboxylic acids is 1. The molecule has 0 aliphatic heterocycles. The van der Waals surface area contributed by atoms with E-state index >= 15 is 0 Å². The number of hydrogen-bond acceptors (Lipinski definition) is 2. The Morgan fingerprint density at radius 2 is 2.30 bits per heavy atom. The van der Waals surface area contributed by atoms with E-state index in [0.29, 0.717) is 12.5 Å². The maximum Gasteiger partial charge on any atom is 0.253 e. The zero-order valence-electron chi connectivity index (χ0n) is 11.6. The van der Waals surface area contributed by atoms with Crippen molar-refractivity contribution in [1.82, 2.24) is 5.32 Å². The summed E-state index contributed by atoms with van der Waals surface area (Å²) in [5.41, 5.74) is 5.65. The van der Waals surface area contributed by atoms with Gasteiger partial charge in [-0.25, -0.2) is 4.39 Å². The molecule has 2 atom stereocenters. The number of carbonyl (C=O) groups is 1. The molecule has 2 rings (SSSR count). The first-order valence-electron chi connectivity index (χ1n) is 6.97. The molecule has 0 radical (unpaired) electrons. The molecule has 1 aliphatic carbocycles. The van der Waals surface area contributed by atoms with Crippen LogP contribution in [0.4, 0.5) is 4.39 Å². The lowest BCUT2D eigenvalue weighted by Crippen LogP contribution is -2.59. The van der Waals surface area contributed by atoms with Gasteiger partial charge in [-0.2, -0.15) is 0 Å². The predicted octanol–water partition coefficient (Wildman–Crippen LogP) is 3.12. The molecule has 110 valence electrons. The van der Waals surface area contributed by atoms with Gasteiger partial charge in [0.05, 0.1) is 16.1 Å². The minimum absolute atomic E-state index is 0.138. The number of halogens is 2. The van der Waals surface area contributed by atoms with Crippen LogP contribution in [0.5, 0.6) is 0 Å². The Kier molecular flexibility index (Phi) is 4.66. The summed E-state index contributed by atoms with van der Waals surface area (Å²) in [5.74, 6) is -0.635. The van der Waals surface area contributed by atoms with Crippen molar-refractivity contribution >= 4 is 17.5 Å². The van der Waals surface area contributed by atoms with Crippen LogP contribution < -0.4 is 11.1 Å². The van der Waals surface area contributed by atoms with Crippen molar-refractivity contribution in [1.29, 1.82) is 0 Å². The lowest BCUT2D eigenvalue weighted by molar-refractivity contribution is 0.0812. The summed E-state index contributed by atoms with van der Waals surface area (Å²) in [6, 6.07) is 4.25. The average Bonchev–Trinajstić information content (AvgIpc) is 2.44. The Bertz CT molecular complexity index is 509. The van der Waals surface area contributed by atoms with Gasteiger partial charge in [0.25, 0.3) is 5.91 Å². The van der Waals surface area contributed by atoms with E-state index in [4.69, 9.17) is 17.3 Å². The summed E-state index contributed by atoms with van der Waals surface area (Å²) in [7, 11) is 0. The maximum absolute atomic E-state index is 13.4. The van der Waals surface area contributed by atoms with E-state index in [1.165, 1.54) is 18.2 Å². The Labute approximate surface area is 123 Å². The van der Waals surface area contributed by atoms with E-state index in [2.05, 4.69) is 12.2 Å². The second-order valence-corrected chi connectivity index (χ2v) is 5.94. The van der Waals surface area contributed by atoms with Crippen molar-refractivity contribution in [2.24, 2.45) is 11.7 Å². The largest absolute Gasteiger partial charge is 0.345 e. The lowest BCUT2D eigenvalue weighted by atomic mass is 9.73. The summed E-state index contributed by atoms with van der Waals surface area (Å²) < 4.78 is 13.4. The predicted molar refractivity (Wildman–Crippen MR) is 78.3 cm³/mol. The SMILES string of the molecule is CC1CCCCC1(CN)NC(=O)c1cccc(F)c1Cl. The number of nitrogens with one attached hydrogen (secondary N) is 1. The van der Waals surface area contributed by atoms with Crippen LogP contribution in [0.15, 0.2) is 18.2 Å². The van der Waals surface area contributed by atoms with Crippen LogP contribution in [0, 0.1) is 11.7 Å². The van der Waals surface area contributed by atoms with Crippen molar-refractivity contribution in [3.63, 3.8) is 0 Å². The van der Waals surface area contributed by atoms with E-state index in [9.17, 15) is 9.18 Å². The first-order valence-corrected chi connectivity index (χ1v) is 7.34. The van der Waals surface area contributed by atoms with Crippen molar-refractivity contribution in [3.05, 3.63) is 34.6 Å². The molecule has 1 amide bonds. The summed E-state index contributed by atoms with van der Waals surface area (Å²) >= 11 is 5.86. The fourth-order valence-corrected chi connectivity index (χ4v) is 3.14. The molecule has 1 aromatic rings. The van der Waals surface area contributed by atoms with Gasteiger partial charge in [-0.05, 0) is 30.9 Å². The number of benzene rings is 1. The molecule has 1 fully saturated rings. The molecule has 1 aliphatic rings. The quantitative estimate of drug-likeness (QED) is 0.901. The molecule has 0 heterocycles. The van der Waals surface area contributed by atoms with Crippen molar-refractivity contribution in [3.8, 4) is 0 Å². The van der Waals surface area contributed by atoms with Gasteiger partial charge in [-0.15, -0.1) is 0 Å². The van der Waals surface area contributed by atoms with Crippen LogP contribution in [0.1, 0.15) is 43.0 Å². The average molecular weight is 299 g/mol. The zero-order valence-corrected chi connectivity index (χ0v) is 12.3. The Balaban J connectivity index is 2.23. The minimum Gasteiger partial charge on any atom is -0.345 e. The van der Waals surface area contributed by atoms with Crippen LogP contribution in [0.2, 0.25) is 5.02 Å². The highest BCUT2D eigenvalue weighted by molar-refractivity contribution is 6.34. The van der Waals surface area contributed by atoms with Crippen LogP contribution >= 0.6 is 11.6 Å². The molecule has 3 nitrogen and oxygen atoms in total. The molecule has 0 spiro atoms.